The Balaban J connectivity index is 2.59. The monoisotopic (exact) mass is 378 g/mol. The highest BCUT2D eigenvalue weighted by molar-refractivity contribution is 14.1. The van der Waals surface area contributed by atoms with Crippen molar-refractivity contribution in [1.29, 1.82) is 0 Å². The lowest BCUT2D eigenvalue weighted by Crippen LogP contribution is -2.40. The molecule has 100 valence electrons. The van der Waals surface area contributed by atoms with Crippen LogP contribution in [-0.2, 0) is 13.6 Å². The Hall–Kier alpha value is -1.51. The first-order valence-electron chi connectivity index (χ1n) is 5.30. The molecular formula is C12H9F2IN2O2. The highest BCUT2D eigenvalue weighted by atomic mass is 127. The highest BCUT2D eigenvalue weighted by Crippen LogP contribution is 2.10. The minimum absolute atomic E-state index is 0.0406. The number of aryl methyl sites for hydroxylation is 1. The van der Waals surface area contributed by atoms with E-state index in [0.29, 0.717) is 3.57 Å². The van der Waals surface area contributed by atoms with Gasteiger partial charge in [0.1, 0.15) is 11.6 Å². The minimum Gasteiger partial charge on any atom is -0.302 e. The van der Waals surface area contributed by atoms with Crippen molar-refractivity contribution < 1.29 is 8.78 Å². The van der Waals surface area contributed by atoms with E-state index in [1.807, 2.05) is 0 Å². The average molecular weight is 378 g/mol. The number of hydrogen-bond donors (Lipinski definition) is 0. The molecule has 0 amide bonds. The zero-order valence-corrected chi connectivity index (χ0v) is 12.0. The van der Waals surface area contributed by atoms with E-state index in [1.54, 1.807) is 22.6 Å². The third-order valence-electron chi connectivity index (χ3n) is 2.63. The van der Waals surface area contributed by atoms with E-state index in [9.17, 15) is 18.4 Å². The van der Waals surface area contributed by atoms with Gasteiger partial charge in [0.25, 0.3) is 5.56 Å². The molecule has 0 atom stereocenters. The number of aromatic nitrogens is 2. The second-order valence-corrected chi connectivity index (χ2v) is 5.16. The maximum absolute atomic E-state index is 13.5. The highest BCUT2D eigenvalue weighted by Gasteiger charge is 2.11. The van der Waals surface area contributed by atoms with Crippen LogP contribution in [0.3, 0.4) is 0 Å². The average Bonchev–Trinajstić information content (AvgIpc) is 2.36. The zero-order valence-electron chi connectivity index (χ0n) is 9.86. The molecule has 4 nitrogen and oxygen atoms in total. The molecule has 0 saturated heterocycles. The van der Waals surface area contributed by atoms with E-state index >= 15 is 0 Å². The van der Waals surface area contributed by atoms with Gasteiger partial charge < -0.3 is 4.57 Å². The molecule has 0 bridgehead atoms. The molecule has 0 aliphatic carbocycles. The van der Waals surface area contributed by atoms with Gasteiger partial charge in [0.15, 0.2) is 0 Å². The van der Waals surface area contributed by atoms with Crippen LogP contribution in [0.2, 0.25) is 0 Å². The van der Waals surface area contributed by atoms with Crippen LogP contribution in [0.1, 0.15) is 5.56 Å². The van der Waals surface area contributed by atoms with Gasteiger partial charge >= 0.3 is 5.69 Å². The van der Waals surface area contributed by atoms with Crippen LogP contribution in [0.15, 0.2) is 34.0 Å². The van der Waals surface area contributed by atoms with E-state index in [-0.39, 0.29) is 12.1 Å². The fourth-order valence-electron chi connectivity index (χ4n) is 1.66. The van der Waals surface area contributed by atoms with Crippen molar-refractivity contribution in [1.82, 2.24) is 9.13 Å². The van der Waals surface area contributed by atoms with Gasteiger partial charge in [-0.1, -0.05) is 0 Å². The topological polar surface area (TPSA) is 44.0 Å². The first-order valence-corrected chi connectivity index (χ1v) is 6.38. The maximum Gasteiger partial charge on any atom is 0.331 e. The van der Waals surface area contributed by atoms with E-state index < -0.39 is 22.9 Å². The number of hydrogen-bond acceptors (Lipinski definition) is 2. The van der Waals surface area contributed by atoms with Crippen LogP contribution in [-0.4, -0.2) is 9.13 Å². The molecule has 0 N–H and O–H groups in total. The van der Waals surface area contributed by atoms with E-state index in [1.165, 1.54) is 17.8 Å². The lowest BCUT2D eigenvalue weighted by molar-refractivity contribution is 0.561. The molecule has 2 aromatic rings. The van der Waals surface area contributed by atoms with Crippen LogP contribution < -0.4 is 11.2 Å². The summed E-state index contributed by atoms with van der Waals surface area (Å²) in [5.74, 6) is -1.28. The molecule has 2 rings (SSSR count). The summed E-state index contributed by atoms with van der Waals surface area (Å²) in [5.41, 5.74) is -1.14. The largest absolute Gasteiger partial charge is 0.331 e. The van der Waals surface area contributed by atoms with Crippen molar-refractivity contribution in [2.24, 2.45) is 7.05 Å². The van der Waals surface area contributed by atoms with Gasteiger partial charge in [0.05, 0.1) is 10.1 Å². The van der Waals surface area contributed by atoms with Crippen molar-refractivity contribution in [3.05, 3.63) is 66.0 Å². The van der Waals surface area contributed by atoms with Crippen LogP contribution in [0.5, 0.6) is 0 Å². The number of benzene rings is 1. The van der Waals surface area contributed by atoms with Crippen molar-refractivity contribution in [2.45, 2.75) is 6.54 Å². The third-order valence-corrected chi connectivity index (χ3v) is 3.37. The minimum atomic E-state index is -0.658. The molecule has 0 fully saturated rings. The first-order chi connectivity index (χ1) is 8.90. The molecule has 0 radical (unpaired) electrons. The standard InChI is InChI=1S/C12H9F2IN2O2/c1-16-6-10(15)11(18)17(12(16)19)5-7-4-8(13)2-3-9(7)14/h2-4,6H,5H2,1H3. The summed E-state index contributed by atoms with van der Waals surface area (Å²) in [4.78, 5) is 23.7. The molecule has 19 heavy (non-hydrogen) atoms. The molecule has 0 aliphatic heterocycles. The second kappa shape index (κ2) is 5.24. The molecule has 0 aliphatic rings. The molecule has 0 unspecified atom stereocenters. The Bertz CT molecular complexity index is 718. The smallest absolute Gasteiger partial charge is 0.302 e. The van der Waals surface area contributed by atoms with Gasteiger partial charge in [-0.15, -0.1) is 0 Å². The first kappa shape index (κ1) is 13.9. The molecule has 7 heteroatoms. The third kappa shape index (κ3) is 2.75. The van der Waals surface area contributed by atoms with Crippen molar-refractivity contribution in [3.63, 3.8) is 0 Å². The maximum atomic E-state index is 13.5. The molecule has 1 heterocycles. The molecule has 0 spiro atoms. The lowest BCUT2D eigenvalue weighted by atomic mass is 10.2. The van der Waals surface area contributed by atoms with Gasteiger partial charge in [0, 0.05) is 18.8 Å². The fraction of sp³-hybridized carbons (Fsp3) is 0.167. The summed E-state index contributed by atoms with van der Waals surface area (Å²) in [6.07, 6.45) is 1.39. The van der Waals surface area contributed by atoms with E-state index in [2.05, 4.69) is 0 Å². The second-order valence-electron chi connectivity index (χ2n) is 4.00. The van der Waals surface area contributed by atoms with E-state index in [0.717, 1.165) is 22.8 Å². The molecule has 1 aromatic heterocycles. The fourth-order valence-corrected chi connectivity index (χ4v) is 2.37. The Morgan fingerprint density at radius 3 is 2.63 bits per heavy atom. The predicted molar refractivity (Wildman–Crippen MR) is 74.1 cm³/mol. The summed E-state index contributed by atoms with van der Waals surface area (Å²) < 4.78 is 29.0. The zero-order chi connectivity index (χ0) is 14.2. The summed E-state index contributed by atoms with van der Waals surface area (Å²) in [5, 5.41) is 0. The summed E-state index contributed by atoms with van der Waals surface area (Å²) in [6.45, 7) is -0.300. The normalized spacial score (nSPS) is 10.7. The Kier molecular flexibility index (Phi) is 3.83. The van der Waals surface area contributed by atoms with Crippen molar-refractivity contribution >= 4 is 22.6 Å². The predicted octanol–water partition coefficient (Wildman–Crippen LogP) is 1.48. The van der Waals surface area contributed by atoms with Gasteiger partial charge in [-0.25, -0.2) is 13.6 Å². The Morgan fingerprint density at radius 1 is 1.26 bits per heavy atom. The summed E-state index contributed by atoms with van der Waals surface area (Å²) in [6, 6.07) is 2.92. The van der Waals surface area contributed by atoms with Gasteiger partial charge in [0.2, 0.25) is 0 Å². The molecule has 1 aromatic carbocycles. The quantitative estimate of drug-likeness (QED) is 0.744. The van der Waals surface area contributed by atoms with Crippen LogP contribution in [0.25, 0.3) is 0 Å². The Morgan fingerprint density at radius 2 is 1.95 bits per heavy atom. The van der Waals surface area contributed by atoms with Crippen LogP contribution in [0, 0.1) is 15.2 Å². The lowest BCUT2D eigenvalue weighted by Gasteiger charge is -2.08. The van der Waals surface area contributed by atoms with Gasteiger partial charge in [-0.3, -0.25) is 9.36 Å². The Labute approximate surface area is 120 Å². The van der Waals surface area contributed by atoms with Crippen LogP contribution >= 0.6 is 22.6 Å². The summed E-state index contributed by atoms with van der Waals surface area (Å²) in [7, 11) is 1.49. The van der Waals surface area contributed by atoms with Crippen molar-refractivity contribution in [2.75, 3.05) is 0 Å². The molecule has 0 saturated carbocycles. The van der Waals surface area contributed by atoms with Gasteiger partial charge in [-0.2, -0.15) is 0 Å². The van der Waals surface area contributed by atoms with Gasteiger partial charge in [-0.05, 0) is 40.8 Å². The number of nitrogens with zero attached hydrogens (tertiary/aromatic N) is 2. The summed E-state index contributed by atoms with van der Waals surface area (Å²) >= 11 is 1.79. The SMILES string of the molecule is Cn1cc(I)c(=O)n(Cc2cc(F)ccc2F)c1=O. The van der Waals surface area contributed by atoms with Crippen molar-refractivity contribution in [3.8, 4) is 0 Å². The van der Waals surface area contributed by atoms with E-state index in [4.69, 9.17) is 0 Å². The van der Waals surface area contributed by atoms with Crippen LogP contribution in [0.4, 0.5) is 8.78 Å². The number of halogens is 3. The number of rotatable bonds is 2. The molecular weight excluding hydrogens is 369 g/mol.